The highest BCUT2D eigenvalue weighted by atomic mass is 32.2. The number of carboxylic acid groups (broad SMARTS) is 2. The van der Waals surface area contributed by atoms with Crippen molar-refractivity contribution in [3.05, 3.63) is 35.9 Å². The van der Waals surface area contributed by atoms with Gasteiger partial charge in [0.2, 0.25) is 94.5 Å². The number of guanidine groups is 3. The smallest absolute Gasteiger partial charge is 0.327 e. The maximum atomic E-state index is 14.6. The van der Waals surface area contributed by atoms with E-state index in [-0.39, 0.29) is 108 Å². The number of thiol groups is 2. The Morgan fingerprint density at radius 2 is 0.736 bits per heavy atom. The molecule has 0 radical (unpaired) electrons. The van der Waals surface area contributed by atoms with Crippen LogP contribution in [0.1, 0.15) is 118 Å². The summed E-state index contributed by atoms with van der Waals surface area (Å²) in [5.41, 5.74) is 23.0. The third-order valence-electron chi connectivity index (χ3n) is 18.7. The molecule has 51 heteroatoms. The molecule has 0 fully saturated rings. The molecule has 1 aromatic carbocycles. The fourth-order valence-corrected chi connectivity index (χ4v) is 12.3. The molecule has 0 bridgehead atoms. The number of aliphatic hydroxyl groups excluding tert-OH is 2. The lowest BCUT2D eigenvalue weighted by atomic mass is 9.96. The van der Waals surface area contributed by atoms with Crippen molar-refractivity contribution in [3.8, 4) is 0 Å². The van der Waals surface area contributed by atoms with Crippen LogP contribution in [0.5, 0.6) is 0 Å². The minimum atomic E-state index is -2.03. The van der Waals surface area contributed by atoms with Crippen molar-refractivity contribution < 1.29 is 107 Å². The van der Waals surface area contributed by atoms with Gasteiger partial charge in [-0.15, -0.1) is 0 Å². The van der Waals surface area contributed by atoms with Gasteiger partial charge in [-0.1, -0.05) is 84.7 Å². The summed E-state index contributed by atoms with van der Waals surface area (Å²) >= 11 is 9.23. The number of aliphatic carboxylic acids is 2. The molecule has 702 valence electrons. The molecule has 48 nitrogen and oxygen atoms in total. The molecule has 1 aromatic rings. The van der Waals surface area contributed by atoms with E-state index in [0.717, 1.165) is 0 Å². The van der Waals surface area contributed by atoms with Crippen LogP contribution in [0.3, 0.4) is 0 Å². The van der Waals surface area contributed by atoms with Crippen LogP contribution in [-0.4, -0.2) is 306 Å². The van der Waals surface area contributed by atoms with Crippen LogP contribution in [0.2, 0.25) is 0 Å². The summed E-state index contributed by atoms with van der Waals surface area (Å²) in [7, 11) is 0. The first kappa shape index (κ1) is 111. The van der Waals surface area contributed by atoms with Gasteiger partial charge in [-0.25, -0.2) is 4.79 Å². The average molecular weight is 1830 g/mol. The van der Waals surface area contributed by atoms with E-state index >= 15 is 0 Å². The van der Waals surface area contributed by atoms with E-state index in [9.17, 15) is 107 Å². The van der Waals surface area contributed by atoms with Crippen LogP contribution in [0.15, 0.2) is 30.3 Å². The number of carboxylic acids is 2. The second-order valence-corrected chi connectivity index (χ2v) is 31.0. The van der Waals surface area contributed by atoms with E-state index < -0.39 is 261 Å². The van der Waals surface area contributed by atoms with Crippen LogP contribution in [0, 0.1) is 34.0 Å². The fraction of sp³-hybridized carbons (Fsp3) is 0.635. The molecule has 125 heavy (non-hydrogen) atoms. The van der Waals surface area contributed by atoms with Gasteiger partial charge in [-0.2, -0.15) is 37.0 Å². The number of benzene rings is 1. The minimum absolute atomic E-state index is 0.0171. The lowest BCUT2D eigenvalue weighted by Gasteiger charge is -2.30. The lowest BCUT2D eigenvalue weighted by molar-refractivity contribution is -0.142. The lowest BCUT2D eigenvalue weighted by Crippen LogP contribution is -2.61. The molecule has 0 spiro atoms. The normalized spacial score (nSPS) is 14.5. The van der Waals surface area contributed by atoms with Crippen molar-refractivity contribution >= 4 is 161 Å². The Bertz CT molecular complexity index is 3810. The van der Waals surface area contributed by atoms with E-state index in [4.69, 9.17) is 39.2 Å². The number of thioether (sulfide) groups is 1. The fourth-order valence-electron chi connectivity index (χ4n) is 11.4. The van der Waals surface area contributed by atoms with Crippen LogP contribution >= 0.6 is 37.0 Å². The highest BCUT2D eigenvalue weighted by Gasteiger charge is 2.39. The molecular weight excluding hydrogens is 1700 g/mol. The van der Waals surface area contributed by atoms with Gasteiger partial charge >= 0.3 is 11.9 Å². The Balaban J connectivity index is 3.50. The Kier molecular flexibility index (Phi) is 54.3. The predicted octanol–water partition coefficient (Wildman–Crippen LogP) is -10.1. The zero-order valence-corrected chi connectivity index (χ0v) is 73.4. The van der Waals surface area contributed by atoms with E-state index in [0.29, 0.717) is 11.3 Å². The summed E-state index contributed by atoms with van der Waals surface area (Å²) in [6.07, 6.45) is 0.0955. The largest absolute Gasteiger partial charge is 0.481 e. The first-order valence-corrected chi connectivity index (χ1v) is 42.8. The molecule has 0 unspecified atom stereocenters. The van der Waals surface area contributed by atoms with Crippen molar-refractivity contribution in [2.75, 3.05) is 82.5 Å². The van der Waals surface area contributed by atoms with Gasteiger partial charge in [-0.05, 0) is 86.7 Å². The monoisotopic (exact) mass is 1830 g/mol. The van der Waals surface area contributed by atoms with Gasteiger partial charge in [0.25, 0.3) is 0 Å². The number of carbonyl (C=O) groups excluding carboxylic acids is 16. The molecule has 0 saturated carbocycles. The molecule has 0 aliphatic carbocycles. The average Bonchev–Trinajstić information content (AvgIpc) is 0.840. The standard InChI is InChI=1S/C74H126N26O22S3/c1-8-38(5)57(69(119)88-32-54(105)91-50(34-102)68(118)96-46(26-37(3)4)66(116)98-49(33-101)62(112)87-30-53(104)90-45(21-25-125-7)60(110)85-31-55(106)92-51(36-124)71(121)122)99-64(114)44(20-15-24-84-74(80)81)94-67(117)48(28-56(107)108)97-70(120)58(39(6)9-2)100-65(115)43(19-14-23-83-73(78)79)93-63(113)42(18-13-22-82-72(76)77)89-52(103)29-86-61(111)47(95-59(109)41(75)35-123)27-40-16-11-10-12-17-40/h10-12,16-17,37-39,41-51,57-58,101-102,123-124H,8-9,13-15,18-36,75H2,1-7H3,(H,85,110)(H,86,111)(H,87,112)(H,88,119)(H,89,103)(H,90,104)(H,91,105)(H,92,106)(H,93,113)(H,94,117)(H,95,109)(H,96,118)(H,97,120)(H,98,116)(H,99,114)(H,100,115)(H,107,108)(H,121,122)(H4,76,77,82)(H4,78,79,83)(H4,80,81,84)/t38-,39-,41-,42-,43-,44-,45-,46-,47-,48-,49-,50-,51-,57-,58-/m0/s1. The van der Waals surface area contributed by atoms with Crippen LogP contribution in [0.25, 0.3) is 0 Å². The number of nitrogens with two attached hydrogens (primary N) is 4. The summed E-state index contributed by atoms with van der Waals surface area (Å²) in [5.74, 6) is -22.2. The summed E-state index contributed by atoms with van der Waals surface area (Å²) < 4.78 is 0. The maximum Gasteiger partial charge on any atom is 0.327 e. The Morgan fingerprint density at radius 1 is 0.400 bits per heavy atom. The predicted molar refractivity (Wildman–Crippen MR) is 464 cm³/mol. The number of nitrogens with one attached hydrogen (secondary N) is 22. The number of carbonyl (C=O) groups is 18. The van der Waals surface area contributed by atoms with Crippen molar-refractivity contribution in [1.29, 1.82) is 16.2 Å². The number of rotatable bonds is 62. The SMILES string of the molecule is CC[C@H](C)[C@H](NC(=O)[C@H](CCCNC(=N)N)NC(=O)[C@H](CC(=O)O)NC(=O)[C@@H](NC(=O)[C@H](CCCNC(=N)N)NC(=O)[C@H](CCCNC(=N)N)NC(=O)CNC(=O)[C@H](Cc1ccccc1)NC(=O)[C@@H](N)CS)[C@@H](C)CC)C(=O)NCC(=O)N[C@@H](CO)C(=O)N[C@@H](CC(C)C)C(=O)N[C@@H](CO)C(=O)NCC(=O)N[C@@H](CCSC)C(=O)NCC(=O)N[C@@H](CS)C(=O)O. The molecule has 0 aliphatic rings. The van der Waals surface area contributed by atoms with Crippen LogP contribution in [-0.2, 0) is 92.7 Å². The van der Waals surface area contributed by atoms with Gasteiger partial charge in [0.15, 0.2) is 17.9 Å². The quantitative estimate of drug-likeness (QED) is 0.0125. The topological polar surface area (TPSA) is 792 Å². The zero-order chi connectivity index (χ0) is 94.6. The second kappa shape index (κ2) is 60.9. The number of amides is 16. The van der Waals surface area contributed by atoms with Crippen molar-refractivity contribution in [2.24, 2.45) is 40.7 Å². The van der Waals surface area contributed by atoms with Gasteiger partial charge in [0.1, 0.15) is 72.5 Å². The molecule has 0 heterocycles. The minimum Gasteiger partial charge on any atom is -0.481 e. The van der Waals surface area contributed by atoms with Crippen molar-refractivity contribution in [3.63, 3.8) is 0 Å². The second-order valence-electron chi connectivity index (χ2n) is 29.3. The molecule has 15 atom stereocenters. The molecule has 0 aromatic heterocycles. The van der Waals surface area contributed by atoms with Gasteiger partial charge in [0.05, 0.1) is 51.9 Å². The number of aliphatic hydroxyl groups is 2. The van der Waals surface area contributed by atoms with E-state index in [2.05, 4.69) is 126 Å². The molecule has 0 aliphatic heterocycles. The Morgan fingerprint density at radius 3 is 1.14 bits per heavy atom. The third-order valence-corrected chi connectivity index (χ3v) is 20.1. The first-order chi connectivity index (χ1) is 59.0. The maximum absolute atomic E-state index is 14.6. The molecule has 16 amide bonds. The van der Waals surface area contributed by atoms with E-state index in [1.807, 2.05) is 0 Å². The molecular formula is C74H126N26O22S3. The van der Waals surface area contributed by atoms with Crippen LogP contribution < -0.4 is 124 Å². The summed E-state index contributed by atoms with van der Waals surface area (Å²) in [6, 6.07) is -11.3. The molecule has 0 saturated heterocycles. The molecule has 1 rings (SSSR count). The number of hydrogen-bond donors (Lipinski definition) is 32. The van der Waals surface area contributed by atoms with E-state index in [1.54, 1.807) is 64.3 Å². The van der Waals surface area contributed by atoms with Gasteiger partial charge in [-0.3, -0.25) is 97.7 Å². The van der Waals surface area contributed by atoms with Crippen molar-refractivity contribution in [1.82, 2.24) is 101 Å². The van der Waals surface area contributed by atoms with Crippen LogP contribution in [0.4, 0.5) is 0 Å². The summed E-state index contributed by atoms with van der Waals surface area (Å²) in [5, 5.41) is 109. The Labute approximate surface area is 738 Å². The third kappa shape index (κ3) is 45.6. The van der Waals surface area contributed by atoms with Gasteiger partial charge in [0, 0.05) is 37.6 Å². The first-order valence-electron chi connectivity index (χ1n) is 40.1. The summed E-state index contributed by atoms with van der Waals surface area (Å²) in [6.45, 7) is 4.26. The van der Waals surface area contributed by atoms with E-state index in [1.165, 1.54) is 25.6 Å². The van der Waals surface area contributed by atoms with Gasteiger partial charge < -0.3 is 144 Å². The highest BCUT2D eigenvalue weighted by molar-refractivity contribution is 7.98. The highest BCUT2D eigenvalue weighted by Crippen LogP contribution is 2.15. The van der Waals surface area contributed by atoms with Crippen molar-refractivity contribution in [2.45, 2.75) is 197 Å². The number of hydrogen-bond acceptors (Lipinski definition) is 27. The molecule has 34 N–H and O–H groups in total. The summed E-state index contributed by atoms with van der Waals surface area (Å²) in [4.78, 5) is 243. The Hall–Kier alpha value is -11.6. The zero-order valence-electron chi connectivity index (χ0n) is 70.8.